The van der Waals surface area contributed by atoms with E-state index in [1.54, 1.807) is 18.7 Å². The second-order valence-electron chi connectivity index (χ2n) is 3.09. The monoisotopic (exact) mass is 216 g/mol. The van der Waals surface area contributed by atoms with Gasteiger partial charge in [-0.3, -0.25) is 4.79 Å². The molecule has 5 heteroatoms. The molecule has 0 aromatic carbocycles. The highest BCUT2D eigenvalue weighted by Crippen LogP contribution is 2.09. The predicted octanol–water partition coefficient (Wildman–Crippen LogP) is 1.70. The van der Waals surface area contributed by atoms with Gasteiger partial charge in [-0.1, -0.05) is 6.58 Å². The first-order valence-electron chi connectivity index (χ1n) is 4.43. The van der Waals surface area contributed by atoms with Crippen molar-refractivity contribution in [2.45, 2.75) is 25.8 Å². The van der Waals surface area contributed by atoms with Gasteiger partial charge in [0.2, 0.25) is 0 Å². The van der Waals surface area contributed by atoms with E-state index in [0.717, 1.165) is 12.2 Å². The maximum atomic E-state index is 10.6. The van der Waals surface area contributed by atoms with Crippen molar-refractivity contribution in [3.05, 3.63) is 17.2 Å². The third-order valence-electron chi connectivity index (χ3n) is 1.65. The molecule has 0 saturated heterocycles. The van der Waals surface area contributed by atoms with Crippen LogP contribution in [0.1, 0.15) is 19.8 Å². The van der Waals surface area contributed by atoms with Crippen molar-refractivity contribution < 1.29 is 4.79 Å². The summed E-state index contributed by atoms with van der Waals surface area (Å²) in [5, 5.41) is 2.69. The fraction of sp³-hybridized carbons (Fsp3) is 0.667. The fourth-order valence-electron chi connectivity index (χ4n) is 0.856. The van der Waals surface area contributed by atoms with Gasteiger partial charge in [-0.2, -0.15) is 11.8 Å². The molecule has 0 aliphatic rings. The van der Waals surface area contributed by atoms with Crippen LogP contribution in [0, 0.1) is 4.91 Å². The van der Waals surface area contributed by atoms with E-state index in [1.165, 1.54) is 0 Å². The minimum atomic E-state index is -0.342. The zero-order chi connectivity index (χ0) is 11.0. The van der Waals surface area contributed by atoms with E-state index in [0.29, 0.717) is 12.2 Å². The van der Waals surface area contributed by atoms with Gasteiger partial charge in [0, 0.05) is 6.04 Å². The standard InChI is InChI=1S/C9H16N2O2S/c1-7(12)6-14-5-3-4-9(10)8(2)11-13/h9H,2-6,10H2,1H3. The lowest BCUT2D eigenvalue weighted by atomic mass is 10.1. The largest absolute Gasteiger partial charge is 0.323 e. The van der Waals surface area contributed by atoms with Crippen molar-refractivity contribution in [1.82, 2.24) is 0 Å². The number of carbonyl (C=O) groups excluding carboxylic acids is 1. The molecule has 0 saturated carbocycles. The molecule has 14 heavy (non-hydrogen) atoms. The molecule has 1 atom stereocenters. The van der Waals surface area contributed by atoms with Gasteiger partial charge in [0.25, 0.3) is 0 Å². The molecule has 80 valence electrons. The van der Waals surface area contributed by atoms with Crippen molar-refractivity contribution in [2.75, 3.05) is 11.5 Å². The fourth-order valence-corrected chi connectivity index (χ4v) is 1.66. The lowest BCUT2D eigenvalue weighted by Crippen LogP contribution is -2.21. The van der Waals surface area contributed by atoms with E-state index in [9.17, 15) is 9.70 Å². The highest BCUT2D eigenvalue weighted by atomic mass is 32.2. The van der Waals surface area contributed by atoms with Crippen LogP contribution in [-0.4, -0.2) is 23.3 Å². The quantitative estimate of drug-likeness (QED) is 0.495. The Kier molecular flexibility index (Phi) is 7.32. The molecule has 0 fully saturated rings. The van der Waals surface area contributed by atoms with Gasteiger partial charge >= 0.3 is 0 Å². The first-order chi connectivity index (χ1) is 6.57. The smallest absolute Gasteiger partial charge is 0.139 e. The molecule has 0 rings (SSSR count). The third kappa shape index (κ3) is 6.80. The number of hydrogen-bond acceptors (Lipinski definition) is 5. The molecule has 4 nitrogen and oxygen atoms in total. The van der Waals surface area contributed by atoms with Gasteiger partial charge in [-0.25, -0.2) is 0 Å². The maximum Gasteiger partial charge on any atom is 0.139 e. The number of carbonyl (C=O) groups is 1. The van der Waals surface area contributed by atoms with Crippen LogP contribution in [0.25, 0.3) is 0 Å². The number of thioether (sulfide) groups is 1. The second kappa shape index (κ2) is 7.70. The Morgan fingerprint density at radius 1 is 1.64 bits per heavy atom. The SMILES string of the molecule is C=C(N=O)C(N)CCCSCC(C)=O. The minimum absolute atomic E-state index is 0.179. The first kappa shape index (κ1) is 13.3. The normalized spacial score (nSPS) is 12.1. The Morgan fingerprint density at radius 3 is 2.79 bits per heavy atom. The van der Waals surface area contributed by atoms with Gasteiger partial charge in [-0.15, -0.1) is 4.91 Å². The molecule has 0 heterocycles. The van der Waals surface area contributed by atoms with Gasteiger partial charge in [0.1, 0.15) is 5.78 Å². The van der Waals surface area contributed by atoms with E-state index in [-0.39, 0.29) is 17.5 Å². The number of hydrogen-bond donors (Lipinski definition) is 1. The molecule has 0 aliphatic heterocycles. The molecule has 0 aromatic heterocycles. The summed E-state index contributed by atoms with van der Waals surface area (Å²) in [6.45, 7) is 5.00. The topological polar surface area (TPSA) is 72.5 Å². The predicted molar refractivity (Wildman–Crippen MR) is 60.2 cm³/mol. The van der Waals surface area contributed by atoms with Gasteiger partial charge in [-0.05, 0) is 30.7 Å². The molecule has 0 amide bonds. The van der Waals surface area contributed by atoms with Crippen LogP contribution in [0.3, 0.4) is 0 Å². The average Bonchev–Trinajstić information content (AvgIpc) is 2.15. The molecular formula is C9H16N2O2S. The van der Waals surface area contributed by atoms with Crippen LogP contribution in [0.4, 0.5) is 0 Å². The summed E-state index contributed by atoms with van der Waals surface area (Å²) in [5.74, 6) is 1.60. The van der Waals surface area contributed by atoms with Crippen LogP contribution in [0.15, 0.2) is 17.5 Å². The third-order valence-corrected chi connectivity index (χ3v) is 2.84. The van der Waals surface area contributed by atoms with Crippen LogP contribution in [0.2, 0.25) is 0 Å². The Labute approximate surface area is 88.3 Å². The molecule has 0 bridgehead atoms. The number of rotatable bonds is 8. The summed E-state index contributed by atoms with van der Waals surface area (Å²) >= 11 is 1.58. The molecule has 0 aromatic rings. The van der Waals surface area contributed by atoms with E-state index in [2.05, 4.69) is 11.8 Å². The zero-order valence-corrected chi connectivity index (χ0v) is 9.18. The van der Waals surface area contributed by atoms with E-state index in [4.69, 9.17) is 5.73 Å². The highest BCUT2D eigenvalue weighted by molar-refractivity contribution is 7.99. The Bertz CT molecular complexity index is 219. The zero-order valence-electron chi connectivity index (χ0n) is 8.36. The van der Waals surface area contributed by atoms with Crippen LogP contribution < -0.4 is 5.73 Å². The summed E-state index contributed by atoms with van der Waals surface area (Å²) in [5.41, 5.74) is 5.80. The van der Waals surface area contributed by atoms with Crippen LogP contribution in [-0.2, 0) is 4.79 Å². The molecule has 0 aliphatic carbocycles. The Morgan fingerprint density at radius 2 is 2.29 bits per heavy atom. The van der Waals surface area contributed by atoms with Gasteiger partial charge < -0.3 is 5.73 Å². The number of nitrogens with zero attached hydrogens (tertiary/aromatic N) is 1. The van der Waals surface area contributed by atoms with E-state index < -0.39 is 0 Å². The highest BCUT2D eigenvalue weighted by Gasteiger charge is 2.06. The van der Waals surface area contributed by atoms with Crippen molar-refractivity contribution >= 4 is 17.5 Å². The second-order valence-corrected chi connectivity index (χ2v) is 4.19. The Balaban J connectivity index is 3.40. The van der Waals surface area contributed by atoms with Crippen molar-refractivity contribution in [3.63, 3.8) is 0 Å². The van der Waals surface area contributed by atoms with E-state index in [1.807, 2.05) is 0 Å². The average molecular weight is 216 g/mol. The van der Waals surface area contributed by atoms with Gasteiger partial charge in [0.15, 0.2) is 0 Å². The summed E-state index contributed by atoms with van der Waals surface area (Å²) in [6, 6.07) is -0.342. The summed E-state index contributed by atoms with van der Waals surface area (Å²) in [4.78, 5) is 20.6. The lowest BCUT2D eigenvalue weighted by molar-refractivity contribution is -0.114. The lowest BCUT2D eigenvalue weighted by Gasteiger charge is -2.07. The van der Waals surface area contributed by atoms with Gasteiger partial charge in [0.05, 0.1) is 11.4 Å². The molecule has 0 radical (unpaired) electrons. The summed E-state index contributed by atoms with van der Waals surface area (Å²) < 4.78 is 0. The van der Waals surface area contributed by atoms with Crippen LogP contribution in [0.5, 0.6) is 0 Å². The molecular weight excluding hydrogens is 200 g/mol. The van der Waals surface area contributed by atoms with Crippen molar-refractivity contribution in [2.24, 2.45) is 10.9 Å². The summed E-state index contributed by atoms with van der Waals surface area (Å²) in [6.07, 6.45) is 1.56. The number of Topliss-reactive ketones (excluding diaryl/α,β-unsaturated/α-hetero) is 1. The number of ketones is 1. The maximum absolute atomic E-state index is 10.6. The Hall–Kier alpha value is -0.680. The first-order valence-corrected chi connectivity index (χ1v) is 5.58. The molecule has 2 N–H and O–H groups in total. The van der Waals surface area contributed by atoms with Crippen LogP contribution >= 0.6 is 11.8 Å². The number of nitrogens with two attached hydrogens (primary N) is 1. The molecule has 0 spiro atoms. The molecule has 1 unspecified atom stereocenters. The van der Waals surface area contributed by atoms with Crippen molar-refractivity contribution in [1.29, 1.82) is 0 Å². The minimum Gasteiger partial charge on any atom is -0.323 e. The number of nitroso groups, excluding NO2 is 1. The summed E-state index contributed by atoms with van der Waals surface area (Å²) in [7, 11) is 0. The van der Waals surface area contributed by atoms with E-state index >= 15 is 0 Å². The van der Waals surface area contributed by atoms with Crippen molar-refractivity contribution in [3.8, 4) is 0 Å².